The standard InChI is InChI=1S/C24H30N4OS/c1-17-13-18(2)28(25-17)21-8-5-7-19(14-21)22-15-20-16-27(10-6-12-30-4)11-9-23(20)26(3)24(22)29/h5,7-8,13-15H,6,9-12,16H2,1-4H3. The molecule has 1 aliphatic heterocycles. The van der Waals surface area contributed by atoms with Crippen molar-refractivity contribution in [1.29, 1.82) is 0 Å². The van der Waals surface area contributed by atoms with E-state index in [1.54, 1.807) is 0 Å². The van der Waals surface area contributed by atoms with Crippen LogP contribution in [0.15, 0.2) is 41.2 Å². The fourth-order valence-corrected chi connectivity index (χ4v) is 4.83. The normalized spacial score (nSPS) is 14.1. The van der Waals surface area contributed by atoms with Crippen molar-refractivity contribution in [3.05, 3.63) is 69.4 Å². The van der Waals surface area contributed by atoms with Crippen LogP contribution in [0.2, 0.25) is 0 Å². The number of hydrogen-bond acceptors (Lipinski definition) is 4. The number of hydrogen-bond donors (Lipinski definition) is 0. The van der Waals surface area contributed by atoms with E-state index in [4.69, 9.17) is 0 Å². The molecule has 1 aromatic carbocycles. The van der Waals surface area contributed by atoms with Crippen LogP contribution in [0.3, 0.4) is 0 Å². The van der Waals surface area contributed by atoms with Gasteiger partial charge in [0.05, 0.1) is 11.4 Å². The van der Waals surface area contributed by atoms with Gasteiger partial charge in [-0.25, -0.2) is 4.68 Å². The number of nitrogens with zero attached hydrogens (tertiary/aromatic N) is 4. The average molecular weight is 423 g/mol. The first-order valence-electron chi connectivity index (χ1n) is 10.5. The lowest BCUT2D eigenvalue weighted by atomic mass is 9.99. The second kappa shape index (κ2) is 8.82. The van der Waals surface area contributed by atoms with Gasteiger partial charge in [-0.05, 0) is 74.2 Å². The van der Waals surface area contributed by atoms with Gasteiger partial charge in [-0.3, -0.25) is 9.69 Å². The number of thioether (sulfide) groups is 1. The predicted molar refractivity (Wildman–Crippen MR) is 126 cm³/mol. The molecule has 0 aliphatic carbocycles. The molecule has 0 fully saturated rings. The Morgan fingerprint density at radius 2 is 2.00 bits per heavy atom. The lowest BCUT2D eigenvalue weighted by Crippen LogP contribution is -2.36. The van der Waals surface area contributed by atoms with E-state index in [0.717, 1.165) is 54.3 Å². The summed E-state index contributed by atoms with van der Waals surface area (Å²) in [5, 5.41) is 4.60. The molecule has 1 aliphatic rings. The van der Waals surface area contributed by atoms with Crippen LogP contribution < -0.4 is 5.56 Å². The van der Waals surface area contributed by atoms with E-state index in [2.05, 4.69) is 41.4 Å². The molecule has 6 heteroatoms. The third-order valence-electron chi connectivity index (χ3n) is 5.92. The molecule has 0 spiro atoms. The first-order valence-corrected chi connectivity index (χ1v) is 11.9. The SMILES string of the molecule is CSCCCN1CCc2c(cc(-c3cccc(-n4nc(C)cc4C)c3)c(=O)n2C)C1. The van der Waals surface area contributed by atoms with Crippen molar-refractivity contribution >= 4 is 11.8 Å². The molecule has 5 nitrogen and oxygen atoms in total. The summed E-state index contributed by atoms with van der Waals surface area (Å²) in [6.07, 6.45) is 4.31. The Kier molecular flexibility index (Phi) is 6.16. The molecule has 30 heavy (non-hydrogen) atoms. The second-order valence-electron chi connectivity index (χ2n) is 8.16. The van der Waals surface area contributed by atoms with E-state index in [9.17, 15) is 4.79 Å². The molecular weight excluding hydrogens is 392 g/mol. The average Bonchev–Trinajstić information content (AvgIpc) is 3.09. The maximum Gasteiger partial charge on any atom is 0.258 e. The largest absolute Gasteiger partial charge is 0.315 e. The van der Waals surface area contributed by atoms with Gasteiger partial charge < -0.3 is 4.57 Å². The Balaban J connectivity index is 1.70. The third-order valence-corrected chi connectivity index (χ3v) is 6.62. The van der Waals surface area contributed by atoms with Gasteiger partial charge in [0.1, 0.15) is 0 Å². The molecule has 0 saturated carbocycles. The highest BCUT2D eigenvalue weighted by Crippen LogP contribution is 2.25. The van der Waals surface area contributed by atoms with Crippen LogP contribution in [0.1, 0.15) is 29.1 Å². The van der Waals surface area contributed by atoms with Crippen molar-refractivity contribution in [2.75, 3.05) is 25.1 Å². The molecule has 158 valence electrons. The summed E-state index contributed by atoms with van der Waals surface area (Å²) in [4.78, 5) is 15.7. The van der Waals surface area contributed by atoms with E-state index in [0.29, 0.717) is 0 Å². The van der Waals surface area contributed by atoms with Gasteiger partial charge >= 0.3 is 0 Å². The molecule has 3 heterocycles. The number of pyridine rings is 1. The van der Waals surface area contributed by atoms with Crippen molar-refractivity contribution in [2.45, 2.75) is 33.2 Å². The summed E-state index contributed by atoms with van der Waals surface area (Å²) in [5.74, 6) is 1.20. The molecular formula is C24H30N4OS. The summed E-state index contributed by atoms with van der Waals surface area (Å²) in [5.41, 5.74) is 7.31. The summed E-state index contributed by atoms with van der Waals surface area (Å²) in [6, 6.07) is 12.3. The van der Waals surface area contributed by atoms with Gasteiger partial charge in [0.15, 0.2) is 0 Å². The number of fused-ring (bicyclic) bond motifs is 1. The Bertz CT molecular complexity index is 1110. The van der Waals surface area contributed by atoms with Crippen LogP contribution in [0.5, 0.6) is 0 Å². The van der Waals surface area contributed by atoms with Crippen LogP contribution >= 0.6 is 11.8 Å². The Morgan fingerprint density at radius 1 is 1.17 bits per heavy atom. The highest BCUT2D eigenvalue weighted by molar-refractivity contribution is 7.98. The Morgan fingerprint density at radius 3 is 2.73 bits per heavy atom. The second-order valence-corrected chi connectivity index (χ2v) is 9.14. The Hall–Kier alpha value is -2.31. The smallest absolute Gasteiger partial charge is 0.258 e. The van der Waals surface area contributed by atoms with E-state index in [1.807, 2.05) is 53.2 Å². The van der Waals surface area contributed by atoms with Gasteiger partial charge in [-0.1, -0.05) is 12.1 Å². The maximum atomic E-state index is 13.2. The lowest BCUT2D eigenvalue weighted by molar-refractivity contribution is 0.251. The predicted octanol–water partition coefficient (Wildman–Crippen LogP) is 3.97. The van der Waals surface area contributed by atoms with E-state index < -0.39 is 0 Å². The summed E-state index contributed by atoms with van der Waals surface area (Å²) in [6.45, 7) is 7.11. The highest BCUT2D eigenvalue weighted by atomic mass is 32.2. The molecule has 4 rings (SSSR count). The number of rotatable bonds is 6. The van der Waals surface area contributed by atoms with Crippen molar-refractivity contribution in [1.82, 2.24) is 19.2 Å². The minimum absolute atomic E-state index is 0.0788. The topological polar surface area (TPSA) is 43.1 Å². The fraction of sp³-hybridized carbons (Fsp3) is 0.417. The third kappa shape index (κ3) is 4.12. The maximum absolute atomic E-state index is 13.2. The zero-order valence-electron chi connectivity index (χ0n) is 18.3. The highest BCUT2D eigenvalue weighted by Gasteiger charge is 2.21. The van der Waals surface area contributed by atoms with Crippen molar-refractivity contribution in [2.24, 2.45) is 7.05 Å². The van der Waals surface area contributed by atoms with E-state index in [-0.39, 0.29) is 5.56 Å². The molecule has 0 unspecified atom stereocenters. The zero-order chi connectivity index (χ0) is 21.3. The van der Waals surface area contributed by atoms with Crippen LogP contribution in [0.4, 0.5) is 0 Å². The molecule has 0 N–H and O–H groups in total. The van der Waals surface area contributed by atoms with Gasteiger partial charge in [-0.2, -0.15) is 16.9 Å². The van der Waals surface area contributed by atoms with Crippen molar-refractivity contribution in [3.8, 4) is 16.8 Å². The molecule has 0 amide bonds. The molecule has 2 aromatic heterocycles. The zero-order valence-corrected chi connectivity index (χ0v) is 19.1. The molecule has 0 bridgehead atoms. The number of aromatic nitrogens is 3. The van der Waals surface area contributed by atoms with E-state index >= 15 is 0 Å². The minimum atomic E-state index is 0.0788. The van der Waals surface area contributed by atoms with Gasteiger partial charge in [0.2, 0.25) is 0 Å². The first kappa shape index (κ1) is 20.9. The number of benzene rings is 1. The monoisotopic (exact) mass is 422 g/mol. The lowest BCUT2D eigenvalue weighted by Gasteiger charge is -2.30. The van der Waals surface area contributed by atoms with E-state index in [1.165, 1.54) is 23.4 Å². The van der Waals surface area contributed by atoms with Crippen molar-refractivity contribution in [3.63, 3.8) is 0 Å². The van der Waals surface area contributed by atoms with Gasteiger partial charge in [0.25, 0.3) is 5.56 Å². The quantitative estimate of drug-likeness (QED) is 0.564. The summed E-state index contributed by atoms with van der Waals surface area (Å²) < 4.78 is 3.80. The Labute approximate surface area is 182 Å². The molecule has 0 atom stereocenters. The van der Waals surface area contributed by atoms with Crippen LogP contribution in [-0.4, -0.2) is 44.3 Å². The molecule has 0 radical (unpaired) electrons. The molecule has 3 aromatic rings. The summed E-state index contributed by atoms with van der Waals surface area (Å²) in [7, 11) is 1.92. The van der Waals surface area contributed by atoms with Crippen LogP contribution in [0, 0.1) is 13.8 Å². The van der Waals surface area contributed by atoms with Gasteiger partial charge in [-0.15, -0.1) is 0 Å². The first-order chi connectivity index (χ1) is 14.5. The van der Waals surface area contributed by atoms with Gasteiger partial charge in [0, 0.05) is 43.5 Å². The van der Waals surface area contributed by atoms with Crippen LogP contribution in [0.25, 0.3) is 16.8 Å². The fourth-order valence-electron chi connectivity index (χ4n) is 4.41. The van der Waals surface area contributed by atoms with Crippen LogP contribution in [-0.2, 0) is 20.0 Å². The van der Waals surface area contributed by atoms with Crippen molar-refractivity contribution < 1.29 is 0 Å². The molecule has 0 saturated heterocycles. The number of aryl methyl sites for hydroxylation is 2. The summed E-state index contributed by atoms with van der Waals surface area (Å²) >= 11 is 1.90. The minimum Gasteiger partial charge on any atom is -0.315 e.